The SMILES string of the molecule is C[C@H](Oc1cccc(Cl)c1)C(=O)Nc1cccc(NS(C)(=O)=O)c1. The van der Waals surface area contributed by atoms with Gasteiger partial charge in [-0.3, -0.25) is 9.52 Å². The molecular weight excluding hydrogens is 352 g/mol. The maximum Gasteiger partial charge on any atom is 0.265 e. The van der Waals surface area contributed by atoms with E-state index < -0.39 is 16.1 Å². The van der Waals surface area contributed by atoms with Crippen molar-refractivity contribution in [3.63, 3.8) is 0 Å². The first-order valence-electron chi connectivity index (χ1n) is 7.04. The molecule has 0 aliphatic heterocycles. The quantitative estimate of drug-likeness (QED) is 0.820. The Morgan fingerprint density at radius 1 is 1.12 bits per heavy atom. The molecule has 0 saturated carbocycles. The Morgan fingerprint density at radius 3 is 2.46 bits per heavy atom. The van der Waals surface area contributed by atoms with Crippen molar-refractivity contribution >= 4 is 38.9 Å². The minimum absolute atomic E-state index is 0.360. The molecule has 0 unspecified atom stereocenters. The number of hydrogen-bond acceptors (Lipinski definition) is 4. The number of anilines is 2. The summed E-state index contributed by atoms with van der Waals surface area (Å²) in [5.41, 5.74) is 0.814. The van der Waals surface area contributed by atoms with Gasteiger partial charge in [-0.2, -0.15) is 0 Å². The van der Waals surface area contributed by atoms with Crippen molar-refractivity contribution in [1.82, 2.24) is 0 Å². The Morgan fingerprint density at radius 2 is 1.79 bits per heavy atom. The molecule has 0 spiro atoms. The third kappa shape index (κ3) is 5.75. The van der Waals surface area contributed by atoms with Gasteiger partial charge in [0.1, 0.15) is 5.75 Å². The third-order valence-corrected chi connectivity index (χ3v) is 3.75. The van der Waals surface area contributed by atoms with Crippen molar-refractivity contribution in [1.29, 1.82) is 0 Å². The van der Waals surface area contributed by atoms with E-state index >= 15 is 0 Å². The van der Waals surface area contributed by atoms with Gasteiger partial charge in [0, 0.05) is 10.7 Å². The zero-order chi connectivity index (χ0) is 17.7. The molecule has 2 N–H and O–H groups in total. The van der Waals surface area contributed by atoms with Gasteiger partial charge in [-0.25, -0.2) is 8.42 Å². The first-order chi connectivity index (χ1) is 11.2. The van der Waals surface area contributed by atoms with E-state index in [1.54, 1.807) is 49.4 Å². The number of nitrogens with one attached hydrogen (secondary N) is 2. The van der Waals surface area contributed by atoms with Crippen LogP contribution >= 0.6 is 11.6 Å². The number of rotatable bonds is 6. The van der Waals surface area contributed by atoms with Gasteiger partial charge in [0.15, 0.2) is 6.10 Å². The van der Waals surface area contributed by atoms with E-state index in [4.69, 9.17) is 16.3 Å². The van der Waals surface area contributed by atoms with Gasteiger partial charge in [0.25, 0.3) is 5.91 Å². The first-order valence-corrected chi connectivity index (χ1v) is 9.31. The first kappa shape index (κ1) is 18.1. The highest BCUT2D eigenvalue weighted by Crippen LogP contribution is 2.20. The van der Waals surface area contributed by atoms with E-state index in [0.717, 1.165) is 6.26 Å². The molecule has 1 amide bonds. The molecule has 8 heteroatoms. The maximum atomic E-state index is 12.2. The molecule has 0 radical (unpaired) electrons. The van der Waals surface area contributed by atoms with Gasteiger partial charge < -0.3 is 10.1 Å². The lowest BCUT2D eigenvalue weighted by Crippen LogP contribution is -2.30. The molecule has 2 aromatic rings. The molecule has 0 fully saturated rings. The average Bonchev–Trinajstić information content (AvgIpc) is 2.45. The zero-order valence-corrected chi connectivity index (χ0v) is 14.7. The fourth-order valence-corrected chi connectivity index (χ4v) is 2.65. The van der Waals surface area contributed by atoms with Crippen molar-refractivity contribution in [2.45, 2.75) is 13.0 Å². The number of hydrogen-bond donors (Lipinski definition) is 2. The van der Waals surface area contributed by atoms with Gasteiger partial charge in [-0.15, -0.1) is 0 Å². The second-order valence-corrected chi connectivity index (χ2v) is 7.35. The molecule has 2 aromatic carbocycles. The molecular formula is C16H17ClN2O4S. The number of ether oxygens (including phenoxy) is 1. The van der Waals surface area contributed by atoms with Crippen LogP contribution in [0.3, 0.4) is 0 Å². The predicted octanol–water partition coefficient (Wildman–Crippen LogP) is 3.12. The number of carbonyl (C=O) groups is 1. The summed E-state index contributed by atoms with van der Waals surface area (Å²) in [5.74, 6) is 0.115. The molecule has 6 nitrogen and oxygen atoms in total. The van der Waals surface area contributed by atoms with Crippen molar-refractivity contribution in [3.8, 4) is 5.75 Å². The summed E-state index contributed by atoms with van der Waals surface area (Å²) in [6.45, 7) is 1.61. The van der Waals surface area contributed by atoms with Crippen molar-refractivity contribution in [3.05, 3.63) is 53.6 Å². The summed E-state index contributed by atoms with van der Waals surface area (Å²) in [6.07, 6.45) is 0.300. The number of sulfonamides is 1. The monoisotopic (exact) mass is 368 g/mol. The maximum absolute atomic E-state index is 12.2. The summed E-state index contributed by atoms with van der Waals surface area (Å²) < 4.78 is 30.4. The summed E-state index contributed by atoms with van der Waals surface area (Å²) in [5, 5.41) is 3.18. The Balaban J connectivity index is 2.02. The molecule has 0 aliphatic rings. The summed E-state index contributed by atoms with van der Waals surface area (Å²) in [7, 11) is -3.38. The second kappa shape index (κ2) is 7.55. The Labute approximate surface area is 145 Å². The highest BCUT2D eigenvalue weighted by atomic mass is 35.5. The number of amides is 1. The van der Waals surface area contributed by atoms with Crippen LogP contribution in [0.4, 0.5) is 11.4 Å². The minimum atomic E-state index is -3.38. The molecule has 0 aromatic heterocycles. The molecule has 24 heavy (non-hydrogen) atoms. The number of halogens is 1. The number of carbonyl (C=O) groups excluding carboxylic acids is 1. The predicted molar refractivity (Wildman–Crippen MR) is 95.1 cm³/mol. The smallest absolute Gasteiger partial charge is 0.265 e. The van der Waals surface area contributed by atoms with Crippen LogP contribution < -0.4 is 14.8 Å². The van der Waals surface area contributed by atoms with Crippen LogP contribution in [0.25, 0.3) is 0 Å². The fourth-order valence-electron chi connectivity index (χ4n) is 1.92. The van der Waals surface area contributed by atoms with Gasteiger partial charge in [0.05, 0.1) is 11.9 Å². The highest BCUT2D eigenvalue weighted by molar-refractivity contribution is 7.92. The van der Waals surface area contributed by atoms with E-state index in [0.29, 0.717) is 22.1 Å². The van der Waals surface area contributed by atoms with Crippen LogP contribution in [0.1, 0.15) is 6.92 Å². The molecule has 2 rings (SSSR count). The standard InChI is InChI=1S/C16H17ClN2O4S/c1-11(23-15-8-3-5-12(17)9-15)16(20)18-13-6-4-7-14(10-13)19-24(2,21)22/h3-11,19H,1-2H3,(H,18,20)/t11-/m0/s1. The average molecular weight is 369 g/mol. The normalized spacial score (nSPS) is 12.3. The van der Waals surface area contributed by atoms with Crippen molar-refractivity contribution < 1.29 is 17.9 Å². The summed E-state index contributed by atoms with van der Waals surface area (Å²) in [4.78, 5) is 12.2. The lowest BCUT2D eigenvalue weighted by molar-refractivity contribution is -0.122. The van der Waals surface area contributed by atoms with Crippen LogP contribution in [0.5, 0.6) is 5.75 Å². The largest absolute Gasteiger partial charge is 0.481 e. The van der Waals surface area contributed by atoms with Crippen LogP contribution in [0.2, 0.25) is 5.02 Å². The molecule has 0 heterocycles. The van der Waals surface area contributed by atoms with Gasteiger partial charge in [0.2, 0.25) is 10.0 Å². The van der Waals surface area contributed by atoms with Gasteiger partial charge in [-0.1, -0.05) is 23.7 Å². The summed E-state index contributed by atoms with van der Waals surface area (Å²) in [6, 6.07) is 13.1. The van der Waals surface area contributed by atoms with Crippen LogP contribution in [0.15, 0.2) is 48.5 Å². The van der Waals surface area contributed by atoms with Crippen LogP contribution in [-0.2, 0) is 14.8 Å². The molecule has 128 valence electrons. The van der Waals surface area contributed by atoms with Gasteiger partial charge in [-0.05, 0) is 43.3 Å². The van der Waals surface area contributed by atoms with Crippen LogP contribution in [0, 0.1) is 0 Å². The van der Waals surface area contributed by atoms with E-state index in [1.807, 2.05) is 0 Å². The molecule has 0 bridgehead atoms. The Kier molecular flexibility index (Phi) is 5.69. The zero-order valence-electron chi connectivity index (χ0n) is 13.1. The molecule has 0 saturated heterocycles. The van der Waals surface area contributed by atoms with E-state index in [1.165, 1.54) is 6.07 Å². The lowest BCUT2D eigenvalue weighted by atomic mass is 10.2. The van der Waals surface area contributed by atoms with E-state index in [2.05, 4.69) is 10.0 Å². The lowest BCUT2D eigenvalue weighted by Gasteiger charge is -2.15. The van der Waals surface area contributed by atoms with E-state index in [-0.39, 0.29) is 5.91 Å². The highest BCUT2D eigenvalue weighted by Gasteiger charge is 2.15. The van der Waals surface area contributed by atoms with Crippen molar-refractivity contribution in [2.75, 3.05) is 16.3 Å². The third-order valence-electron chi connectivity index (χ3n) is 2.91. The Bertz CT molecular complexity index is 839. The Hall–Kier alpha value is -2.25. The summed E-state index contributed by atoms with van der Waals surface area (Å²) >= 11 is 5.87. The van der Waals surface area contributed by atoms with E-state index in [9.17, 15) is 13.2 Å². The number of benzene rings is 2. The fraction of sp³-hybridized carbons (Fsp3) is 0.188. The molecule has 0 aliphatic carbocycles. The van der Waals surface area contributed by atoms with Crippen LogP contribution in [-0.4, -0.2) is 26.7 Å². The minimum Gasteiger partial charge on any atom is -0.481 e. The topological polar surface area (TPSA) is 84.5 Å². The van der Waals surface area contributed by atoms with Gasteiger partial charge >= 0.3 is 0 Å². The molecule has 1 atom stereocenters. The second-order valence-electron chi connectivity index (χ2n) is 5.16. The van der Waals surface area contributed by atoms with Crippen molar-refractivity contribution in [2.24, 2.45) is 0 Å².